The van der Waals surface area contributed by atoms with Gasteiger partial charge in [-0.15, -0.1) is 0 Å². The highest BCUT2D eigenvalue weighted by Gasteiger charge is 1.93. The maximum atomic E-state index is 12.0. The van der Waals surface area contributed by atoms with Crippen LogP contribution in [0.25, 0.3) is 0 Å². The molecule has 0 spiro atoms. The molecule has 0 unspecified atom stereocenters. The van der Waals surface area contributed by atoms with E-state index >= 15 is 0 Å². The summed E-state index contributed by atoms with van der Waals surface area (Å²) in [5.41, 5.74) is -1.71. The Morgan fingerprint density at radius 1 is 1.40 bits per heavy atom. The third-order valence-corrected chi connectivity index (χ3v) is 0.774. The molecule has 0 aliphatic carbocycles. The highest BCUT2D eigenvalue weighted by atomic mass is 19.1. The minimum atomic E-state index is -1.00. The van der Waals surface area contributed by atoms with Crippen molar-refractivity contribution in [3.05, 3.63) is 32.9 Å². The maximum Gasteiger partial charge on any atom is 0.325 e. The van der Waals surface area contributed by atoms with Gasteiger partial charge >= 0.3 is 5.69 Å². The van der Waals surface area contributed by atoms with Crippen LogP contribution in [0.5, 0.6) is 0 Å². The number of aromatic nitrogens is 2. The summed E-state index contributed by atoms with van der Waals surface area (Å²) in [6, 6.07) is 0. The number of rotatable bonds is 0. The second-order valence-corrected chi connectivity index (χ2v) is 1.42. The number of hydrogen-bond acceptors (Lipinski definition) is 3. The summed E-state index contributed by atoms with van der Waals surface area (Å²) in [4.78, 5) is 24.0. The van der Waals surface area contributed by atoms with Gasteiger partial charge in [-0.1, -0.05) is 0 Å². The van der Waals surface area contributed by atoms with E-state index < -0.39 is 17.1 Å². The summed E-state index contributed by atoms with van der Waals surface area (Å²) in [7, 11) is 0. The first kappa shape index (κ1) is 8.57. The minimum absolute atomic E-state index is 0. The molecule has 1 aromatic rings. The van der Waals surface area contributed by atoms with Gasteiger partial charge in [-0.2, -0.15) is 4.39 Å². The molecule has 0 aliphatic heterocycles. The van der Waals surface area contributed by atoms with Crippen molar-refractivity contribution in [1.29, 1.82) is 0 Å². The zero-order valence-corrected chi connectivity index (χ0v) is 4.98. The predicted octanol–water partition coefficient (Wildman–Crippen LogP) is -0.636. The van der Waals surface area contributed by atoms with Crippen LogP contribution in [-0.2, 0) is 0 Å². The summed E-state index contributed by atoms with van der Waals surface area (Å²) in [5.74, 6) is -0.991. The lowest BCUT2D eigenvalue weighted by Crippen LogP contribution is -2.23. The number of nitrogens with one attached hydrogen (secondary N) is 2. The smallest absolute Gasteiger partial charge is 0.325 e. The van der Waals surface area contributed by atoms with E-state index in [1.807, 2.05) is 4.98 Å². The summed E-state index contributed by atoms with van der Waals surface area (Å²) in [6.07, 6.45) is 0.709. The Hall–Kier alpha value is -1.43. The van der Waals surface area contributed by atoms with E-state index in [-0.39, 0.29) is 6.15 Å². The van der Waals surface area contributed by atoms with Crippen LogP contribution in [0.3, 0.4) is 0 Å². The van der Waals surface area contributed by atoms with Crippen molar-refractivity contribution in [1.82, 2.24) is 16.1 Å². The molecule has 0 bridgehead atoms. The molecule has 0 fully saturated rings. The van der Waals surface area contributed by atoms with Crippen LogP contribution in [0.4, 0.5) is 4.39 Å². The Morgan fingerprint density at radius 3 is 2.40 bits per heavy atom. The molecule has 1 heterocycles. The lowest BCUT2D eigenvalue weighted by atomic mass is 10.6. The van der Waals surface area contributed by atoms with E-state index in [4.69, 9.17) is 0 Å². The Morgan fingerprint density at radius 2 is 2.00 bits per heavy atom. The molecule has 0 aromatic carbocycles. The van der Waals surface area contributed by atoms with Crippen molar-refractivity contribution in [3.63, 3.8) is 0 Å². The molecule has 6 heteroatoms. The molecular formula is C4H6FN3O2. The van der Waals surface area contributed by atoms with Crippen LogP contribution in [0.15, 0.2) is 15.8 Å². The molecule has 56 valence electrons. The van der Waals surface area contributed by atoms with Crippen molar-refractivity contribution in [3.8, 4) is 0 Å². The summed E-state index contributed by atoms with van der Waals surface area (Å²) < 4.78 is 12.0. The largest absolute Gasteiger partial charge is 0.344 e. The van der Waals surface area contributed by atoms with Crippen molar-refractivity contribution in [2.45, 2.75) is 0 Å². The molecule has 5 N–H and O–H groups in total. The van der Waals surface area contributed by atoms with Crippen molar-refractivity contribution >= 4 is 0 Å². The molecule has 0 atom stereocenters. The van der Waals surface area contributed by atoms with Gasteiger partial charge < -0.3 is 11.1 Å². The van der Waals surface area contributed by atoms with Crippen LogP contribution >= 0.6 is 0 Å². The van der Waals surface area contributed by atoms with Gasteiger partial charge in [-0.25, -0.2) is 4.79 Å². The van der Waals surface area contributed by atoms with Gasteiger partial charge in [-0.05, 0) is 0 Å². The Kier molecular flexibility index (Phi) is 2.51. The zero-order chi connectivity index (χ0) is 6.85. The maximum absolute atomic E-state index is 12.0. The minimum Gasteiger partial charge on any atom is -0.344 e. The number of halogens is 1. The molecule has 1 aromatic heterocycles. The van der Waals surface area contributed by atoms with Crippen LogP contribution < -0.4 is 17.4 Å². The Balaban J connectivity index is 0.000000810. The van der Waals surface area contributed by atoms with Gasteiger partial charge in [0.15, 0.2) is 0 Å². The lowest BCUT2D eigenvalue weighted by Gasteiger charge is -1.81. The van der Waals surface area contributed by atoms with Gasteiger partial charge in [-0.3, -0.25) is 9.78 Å². The lowest BCUT2D eigenvalue weighted by molar-refractivity contribution is 0.597. The average Bonchev–Trinajstić information content (AvgIpc) is 1.80. The molecule has 1 rings (SSSR count). The summed E-state index contributed by atoms with van der Waals surface area (Å²) >= 11 is 0. The van der Waals surface area contributed by atoms with E-state index in [2.05, 4.69) is 0 Å². The zero-order valence-electron chi connectivity index (χ0n) is 4.98. The second-order valence-electron chi connectivity index (χ2n) is 1.42. The number of hydrogen-bond donors (Lipinski definition) is 3. The van der Waals surface area contributed by atoms with Crippen LogP contribution in [0.1, 0.15) is 0 Å². The first-order valence-electron chi connectivity index (χ1n) is 2.17. The van der Waals surface area contributed by atoms with Gasteiger partial charge in [0, 0.05) is 6.20 Å². The quantitative estimate of drug-likeness (QED) is 0.455. The van der Waals surface area contributed by atoms with E-state index in [1.54, 1.807) is 4.98 Å². The van der Waals surface area contributed by atoms with E-state index in [9.17, 15) is 14.0 Å². The molecule has 10 heavy (non-hydrogen) atoms. The third kappa shape index (κ3) is 1.52. The molecule has 0 radical (unpaired) electrons. The fourth-order valence-corrected chi connectivity index (χ4v) is 0.393. The number of H-pyrrole nitrogens is 2. The molecule has 0 amide bonds. The molecular weight excluding hydrogens is 141 g/mol. The summed E-state index contributed by atoms with van der Waals surface area (Å²) in [6.45, 7) is 0. The molecule has 0 saturated heterocycles. The van der Waals surface area contributed by atoms with Crippen LogP contribution in [0, 0.1) is 5.82 Å². The van der Waals surface area contributed by atoms with E-state index in [0.717, 1.165) is 0 Å². The summed E-state index contributed by atoms with van der Waals surface area (Å²) in [5, 5.41) is 0. The second kappa shape index (κ2) is 2.92. The fourth-order valence-electron chi connectivity index (χ4n) is 0.393. The molecule has 0 saturated carbocycles. The van der Waals surface area contributed by atoms with E-state index in [1.165, 1.54) is 0 Å². The first-order chi connectivity index (χ1) is 4.20. The number of aromatic amines is 2. The topological polar surface area (TPSA) is 101 Å². The van der Waals surface area contributed by atoms with Gasteiger partial charge in [0.25, 0.3) is 5.56 Å². The predicted molar refractivity (Wildman–Crippen MR) is 32.7 cm³/mol. The van der Waals surface area contributed by atoms with Crippen molar-refractivity contribution < 1.29 is 4.39 Å². The standard InChI is InChI=1S/C4H3FN2O2.H3N/c5-2-1-6-4(9)7-3(2)8;/h1H,(H2,6,7,8,9);1H3. The molecule has 5 nitrogen and oxygen atoms in total. The first-order valence-corrected chi connectivity index (χ1v) is 2.17. The van der Waals surface area contributed by atoms with Gasteiger partial charge in [0.2, 0.25) is 5.82 Å². The third-order valence-electron chi connectivity index (χ3n) is 0.774. The highest BCUT2D eigenvalue weighted by Crippen LogP contribution is 1.74. The Labute approximate surface area is 54.5 Å². The average molecular weight is 147 g/mol. The van der Waals surface area contributed by atoms with E-state index in [0.29, 0.717) is 6.20 Å². The SMILES string of the molecule is N.O=c1[nH]cc(F)c(=O)[nH]1. The highest BCUT2D eigenvalue weighted by molar-refractivity contribution is 4.83. The monoisotopic (exact) mass is 147 g/mol. The normalized spacial score (nSPS) is 8.50. The van der Waals surface area contributed by atoms with Crippen LogP contribution in [-0.4, -0.2) is 9.97 Å². The van der Waals surface area contributed by atoms with Gasteiger partial charge in [0.05, 0.1) is 0 Å². The Bertz CT molecular complexity index is 315. The van der Waals surface area contributed by atoms with Gasteiger partial charge in [0.1, 0.15) is 0 Å². The van der Waals surface area contributed by atoms with Crippen molar-refractivity contribution in [2.75, 3.05) is 0 Å². The fraction of sp³-hybridized carbons (Fsp3) is 0. The van der Waals surface area contributed by atoms with Crippen molar-refractivity contribution in [2.24, 2.45) is 0 Å². The van der Waals surface area contributed by atoms with Crippen LogP contribution in [0.2, 0.25) is 0 Å². The molecule has 0 aliphatic rings.